The van der Waals surface area contributed by atoms with Crippen LogP contribution in [-0.4, -0.2) is 73.4 Å². The molecular formula is C23H43N5O2. The predicted octanol–water partition coefficient (Wildman–Crippen LogP) is 2.76. The number of hydrogen-bond acceptors (Lipinski definition) is 3. The number of amides is 2. The second-order valence-corrected chi connectivity index (χ2v) is 9.15. The van der Waals surface area contributed by atoms with E-state index in [1.165, 1.54) is 32.1 Å². The van der Waals surface area contributed by atoms with Crippen molar-refractivity contribution in [3.8, 4) is 0 Å². The molecule has 1 saturated carbocycles. The van der Waals surface area contributed by atoms with Gasteiger partial charge in [-0.3, -0.25) is 14.6 Å². The van der Waals surface area contributed by atoms with Crippen LogP contribution in [0.25, 0.3) is 0 Å². The third-order valence-corrected chi connectivity index (χ3v) is 6.10. The van der Waals surface area contributed by atoms with Crippen LogP contribution in [0.5, 0.6) is 0 Å². The van der Waals surface area contributed by atoms with Gasteiger partial charge in [0.05, 0.1) is 0 Å². The molecule has 0 aromatic carbocycles. The van der Waals surface area contributed by atoms with Crippen LogP contribution in [0, 0.1) is 5.92 Å². The smallest absolute Gasteiger partial charge is 0.222 e. The van der Waals surface area contributed by atoms with Crippen LogP contribution in [-0.2, 0) is 9.59 Å². The summed E-state index contributed by atoms with van der Waals surface area (Å²) in [6, 6.07) is 0.559. The third kappa shape index (κ3) is 8.92. The van der Waals surface area contributed by atoms with Gasteiger partial charge in [-0.05, 0) is 31.6 Å². The fourth-order valence-corrected chi connectivity index (χ4v) is 4.26. The van der Waals surface area contributed by atoms with Gasteiger partial charge in [0, 0.05) is 58.7 Å². The molecule has 1 aliphatic carbocycles. The Morgan fingerprint density at radius 2 is 1.57 bits per heavy atom. The molecule has 1 heterocycles. The predicted molar refractivity (Wildman–Crippen MR) is 122 cm³/mol. The molecule has 2 aliphatic rings. The monoisotopic (exact) mass is 421 g/mol. The van der Waals surface area contributed by atoms with E-state index in [1.54, 1.807) is 0 Å². The molecule has 30 heavy (non-hydrogen) atoms. The Morgan fingerprint density at radius 1 is 0.933 bits per heavy atom. The van der Waals surface area contributed by atoms with E-state index >= 15 is 0 Å². The number of aliphatic imine (C=N–C) groups is 1. The van der Waals surface area contributed by atoms with E-state index in [1.807, 2.05) is 16.8 Å². The SMILES string of the molecule is CN=C(NCCCCCC(=O)N1CCN(C(=O)CC(C)C)CC1)NC1CCCCC1. The molecule has 0 aromatic rings. The van der Waals surface area contributed by atoms with E-state index in [-0.39, 0.29) is 11.8 Å². The van der Waals surface area contributed by atoms with Gasteiger partial charge in [-0.1, -0.05) is 39.5 Å². The summed E-state index contributed by atoms with van der Waals surface area (Å²) < 4.78 is 0. The molecule has 2 rings (SSSR count). The Balaban J connectivity index is 1.52. The van der Waals surface area contributed by atoms with Gasteiger partial charge in [0.1, 0.15) is 0 Å². The second kappa shape index (κ2) is 13.5. The van der Waals surface area contributed by atoms with Gasteiger partial charge in [0.15, 0.2) is 5.96 Å². The van der Waals surface area contributed by atoms with Gasteiger partial charge in [0.25, 0.3) is 0 Å². The van der Waals surface area contributed by atoms with Crippen LogP contribution in [0.15, 0.2) is 4.99 Å². The van der Waals surface area contributed by atoms with Crippen molar-refractivity contribution < 1.29 is 9.59 Å². The van der Waals surface area contributed by atoms with Crippen molar-refractivity contribution >= 4 is 17.8 Å². The molecule has 0 unspecified atom stereocenters. The van der Waals surface area contributed by atoms with E-state index in [0.29, 0.717) is 51.0 Å². The summed E-state index contributed by atoms with van der Waals surface area (Å²) in [4.78, 5) is 32.7. The van der Waals surface area contributed by atoms with Crippen molar-refractivity contribution in [3.63, 3.8) is 0 Å². The van der Waals surface area contributed by atoms with E-state index < -0.39 is 0 Å². The van der Waals surface area contributed by atoms with Gasteiger partial charge >= 0.3 is 0 Å². The first-order chi connectivity index (χ1) is 14.5. The maximum Gasteiger partial charge on any atom is 0.222 e. The summed E-state index contributed by atoms with van der Waals surface area (Å²) >= 11 is 0. The lowest BCUT2D eigenvalue weighted by atomic mass is 9.96. The first-order valence-electron chi connectivity index (χ1n) is 12.0. The van der Waals surface area contributed by atoms with Gasteiger partial charge in [0.2, 0.25) is 11.8 Å². The van der Waals surface area contributed by atoms with Gasteiger partial charge in [-0.15, -0.1) is 0 Å². The molecule has 7 heteroatoms. The summed E-state index contributed by atoms with van der Waals surface area (Å²) in [7, 11) is 1.83. The molecule has 7 nitrogen and oxygen atoms in total. The highest BCUT2D eigenvalue weighted by atomic mass is 16.2. The molecule has 172 valence electrons. The number of guanidine groups is 1. The number of unbranched alkanes of at least 4 members (excludes halogenated alkanes) is 2. The second-order valence-electron chi connectivity index (χ2n) is 9.15. The summed E-state index contributed by atoms with van der Waals surface area (Å²) in [6.07, 6.45) is 10.7. The van der Waals surface area contributed by atoms with E-state index in [4.69, 9.17) is 0 Å². The van der Waals surface area contributed by atoms with Crippen LogP contribution in [0.4, 0.5) is 0 Å². The molecule has 2 N–H and O–H groups in total. The lowest BCUT2D eigenvalue weighted by Crippen LogP contribution is -2.50. The number of piperazine rings is 1. The van der Waals surface area contributed by atoms with Crippen molar-refractivity contribution in [3.05, 3.63) is 0 Å². The summed E-state index contributed by atoms with van der Waals surface area (Å²) in [5.41, 5.74) is 0. The molecule has 1 aliphatic heterocycles. The fourth-order valence-electron chi connectivity index (χ4n) is 4.26. The van der Waals surface area contributed by atoms with E-state index in [2.05, 4.69) is 29.5 Å². The molecule has 0 atom stereocenters. The average molecular weight is 422 g/mol. The molecule has 0 radical (unpaired) electrons. The Labute approximate surface area is 183 Å². The lowest BCUT2D eigenvalue weighted by Gasteiger charge is -2.35. The van der Waals surface area contributed by atoms with E-state index in [0.717, 1.165) is 31.8 Å². The summed E-state index contributed by atoms with van der Waals surface area (Å²) in [5.74, 6) is 1.74. The van der Waals surface area contributed by atoms with E-state index in [9.17, 15) is 9.59 Å². The number of hydrogen-bond donors (Lipinski definition) is 2. The van der Waals surface area contributed by atoms with Crippen molar-refractivity contribution in [1.82, 2.24) is 20.4 Å². The maximum atomic E-state index is 12.4. The Hall–Kier alpha value is -1.79. The lowest BCUT2D eigenvalue weighted by molar-refractivity contribution is -0.140. The molecule has 2 fully saturated rings. The highest BCUT2D eigenvalue weighted by Gasteiger charge is 2.24. The number of carbonyl (C=O) groups excluding carboxylic acids is 2. The van der Waals surface area contributed by atoms with Crippen LogP contribution in [0.1, 0.15) is 78.1 Å². The number of nitrogens with zero attached hydrogens (tertiary/aromatic N) is 3. The van der Waals surface area contributed by atoms with Crippen LogP contribution in [0.3, 0.4) is 0 Å². The zero-order valence-electron chi connectivity index (χ0n) is 19.4. The van der Waals surface area contributed by atoms with Gasteiger partial charge in [-0.25, -0.2) is 0 Å². The van der Waals surface area contributed by atoms with Crippen molar-refractivity contribution in [1.29, 1.82) is 0 Å². The maximum absolute atomic E-state index is 12.4. The zero-order valence-corrected chi connectivity index (χ0v) is 19.4. The van der Waals surface area contributed by atoms with Crippen molar-refractivity contribution in [2.45, 2.75) is 84.1 Å². The quantitative estimate of drug-likeness (QED) is 0.341. The average Bonchev–Trinajstić information content (AvgIpc) is 2.75. The largest absolute Gasteiger partial charge is 0.356 e. The van der Waals surface area contributed by atoms with Gasteiger partial charge in [-0.2, -0.15) is 0 Å². The number of rotatable bonds is 9. The topological polar surface area (TPSA) is 77.0 Å². The molecule has 2 amide bonds. The minimum atomic E-state index is 0.220. The highest BCUT2D eigenvalue weighted by Crippen LogP contribution is 2.17. The molecule has 0 aromatic heterocycles. The zero-order chi connectivity index (χ0) is 21.8. The van der Waals surface area contributed by atoms with Crippen LogP contribution in [0.2, 0.25) is 0 Å². The first kappa shape index (κ1) is 24.5. The minimum Gasteiger partial charge on any atom is -0.356 e. The van der Waals surface area contributed by atoms with Crippen LogP contribution >= 0.6 is 0 Å². The third-order valence-electron chi connectivity index (χ3n) is 6.10. The van der Waals surface area contributed by atoms with Gasteiger partial charge < -0.3 is 20.4 Å². The first-order valence-corrected chi connectivity index (χ1v) is 12.0. The highest BCUT2D eigenvalue weighted by molar-refractivity contribution is 5.80. The fraction of sp³-hybridized carbons (Fsp3) is 0.870. The molecule has 0 spiro atoms. The Kier molecular flexibility index (Phi) is 11.0. The summed E-state index contributed by atoms with van der Waals surface area (Å²) in [5, 5.41) is 6.93. The Morgan fingerprint density at radius 3 is 2.17 bits per heavy atom. The molecule has 0 bridgehead atoms. The van der Waals surface area contributed by atoms with Crippen molar-refractivity contribution in [2.24, 2.45) is 10.9 Å². The van der Waals surface area contributed by atoms with Crippen molar-refractivity contribution in [2.75, 3.05) is 39.8 Å². The standard InChI is InChI=1S/C23H43N5O2/c1-19(2)18-22(30)28-16-14-27(15-17-28)21(29)12-8-5-9-13-25-23(24-3)26-20-10-6-4-7-11-20/h19-20H,4-18H2,1-3H3,(H2,24,25,26). The minimum absolute atomic E-state index is 0.220. The normalized spacial score (nSPS) is 18.6. The number of nitrogens with one attached hydrogen (secondary N) is 2. The molecule has 1 saturated heterocycles. The number of carbonyl (C=O) groups is 2. The Bertz CT molecular complexity index is 550. The summed E-state index contributed by atoms with van der Waals surface area (Å²) in [6.45, 7) is 7.72. The van der Waals surface area contributed by atoms with Crippen LogP contribution < -0.4 is 10.6 Å². The molecular weight excluding hydrogens is 378 g/mol.